The molecule has 1 heterocycles. The number of aryl methyl sites for hydroxylation is 1. The summed E-state index contributed by atoms with van der Waals surface area (Å²) in [6, 6.07) is 19.1. The number of rotatable bonds is 7. The van der Waals surface area contributed by atoms with Crippen LogP contribution < -0.4 is 10.6 Å². The van der Waals surface area contributed by atoms with Gasteiger partial charge in [0.1, 0.15) is 5.82 Å². The van der Waals surface area contributed by atoms with Crippen LogP contribution in [0.1, 0.15) is 27.2 Å². The number of carbonyl (C=O) groups is 1. The Morgan fingerprint density at radius 3 is 2.63 bits per heavy atom. The highest BCUT2D eigenvalue weighted by Crippen LogP contribution is 2.11. The van der Waals surface area contributed by atoms with Gasteiger partial charge in [-0.1, -0.05) is 48.0 Å². The SMILES string of the molecule is Cc1ccccc1CNC(=O)c1ccc(NCCc2cccc(Cl)c2)nn1. The van der Waals surface area contributed by atoms with Crippen LogP contribution in [0, 0.1) is 6.92 Å². The number of anilines is 1. The van der Waals surface area contributed by atoms with Gasteiger partial charge in [-0.15, -0.1) is 10.2 Å². The van der Waals surface area contributed by atoms with Crippen molar-refractivity contribution in [3.05, 3.63) is 88.1 Å². The van der Waals surface area contributed by atoms with Gasteiger partial charge in [-0.05, 0) is 54.3 Å². The number of nitrogens with one attached hydrogen (secondary N) is 2. The van der Waals surface area contributed by atoms with E-state index in [2.05, 4.69) is 20.8 Å². The number of hydrogen-bond donors (Lipinski definition) is 2. The van der Waals surface area contributed by atoms with E-state index in [0.29, 0.717) is 24.6 Å². The van der Waals surface area contributed by atoms with E-state index in [1.807, 2.05) is 55.5 Å². The Bertz CT molecular complexity index is 912. The lowest BCUT2D eigenvalue weighted by Gasteiger charge is -2.08. The standard InChI is InChI=1S/C21H21ClN4O/c1-15-5-2-3-7-17(15)14-24-21(27)19-9-10-20(26-25-19)23-12-11-16-6-4-8-18(22)13-16/h2-10,13H,11-12,14H2,1H3,(H,23,26)(H,24,27). The maximum atomic E-state index is 12.2. The summed E-state index contributed by atoms with van der Waals surface area (Å²) in [6.07, 6.45) is 0.820. The molecule has 6 heteroatoms. The minimum Gasteiger partial charge on any atom is -0.368 e. The van der Waals surface area contributed by atoms with Gasteiger partial charge < -0.3 is 10.6 Å². The minimum absolute atomic E-state index is 0.240. The zero-order valence-electron chi connectivity index (χ0n) is 15.1. The van der Waals surface area contributed by atoms with Crippen molar-refractivity contribution < 1.29 is 4.79 Å². The summed E-state index contributed by atoms with van der Waals surface area (Å²) in [5.74, 6) is 0.392. The molecule has 1 aromatic heterocycles. The summed E-state index contributed by atoms with van der Waals surface area (Å²) in [5, 5.41) is 14.9. The normalized spacial score (nSPS) is 10.4. The van der Waals surface area contributed by atoms with Crippen molar-refractivity contribution in [1.82, 2.24) is 15.5 Å². The van der Waals surface area contributed by atoms with Crippen LogP contribution in [-0.2, 0) is 13.0 Å². The topological polar surface area (TPSA) is 66.9 Å². The number of halogens is 1. The molecule has 27 heavy (non-hydrogen) atoms. The summed E-state index contributed by atoms with van der Waals surface area (Å²) in [7, 11) is 0. The molecule has 0 unspecified atom stereocenters. The Labute approximate surface area is 163 Å². The molecule has 0 atom stereocenters. The second kappa shape index (κ2) is 9.14. The number of hydrogen-bond acceptors (Lipinski definition) is 4. The predicted octanol–water partition coefficient (Wildman–Crippen LogP) is 4.02. The third kappa shape index (κ3) is 5.53. The zero-order chi connectivity index (χ0) is 19.1. The van der Waals surface area contributed by atoms with Crippen molar-refractivity contribution in [3.63, 3.8) is 0 Å². The molecule has 0 aliphatic rings. The molecule has 0 saturated heterocycles. The van der Waals surface area contributed by atoms with E-state index >= 15 is 0 Å². The van der Waals surface area contributed by atoms with E-state index in [9.17, 15) is 4.79 Å². The van der Waals surface area contributed by atoms with Crippen molar-refractivity contribution in [2.45, 2.75) is 19.9 Å². The van der Waals surface area contributed by atoms with Crippen molar-refractivity contribution in [2.75, 3.05) is 11.9 Å². The quantitative estimate of drug-likeness (QED) is 0.649. The third-order valence-electron chi connectivity index (χ3n) is 4.21. The first-order valence-corrected chi connectivity index (χ1v) is 9.14. The van der Waals surface area contributed by atoms with Crippen LogP contribution in [0.2, 0.25) is 5.02 Å². The van der Waals surface area contributed by atoms with E-state index in [-0.39, 0.29) is 5.91 Å². The largest absolute Gasteiger partial charge is 0.368 e. The molecule has 2 N–H and O–H groups in total. The van der Waals surface area contributed by atoms with Crippen LogP contribution in [-0.4, -0.2) is 22.6 Å². The van der Waals surface area contributed by atoms with Gasteiger partial charge in [-0.25, -0.2) is 0 Å². The van der Waals surface area contributed by atoms with Crippen molar-refractivity contribution >= 4 is 23.3 Å². The highest BCUT2D eigenvalue weighted by molar-refractivity contribution is 6.30. The molecule has 0 bridgehead atoms. The maximum absolute atomic E-state index is 12.2. The molecule has 0 aliphatic carbocycles. The molecular weight excluding hydrogens is 360 g/mol. The van der Waals surface area contributed by atoms with Gasteiger partial charge >= 0.3 is 0 Å². The van der Waals surface area contributed by atoms with Crippen molar-refractivity contribution in [1.29, 1.82) is 0 Å². The number of amides is 1. The number of carbonyl (C=O) groups excluding carboxylic acids is 1. The lowest BCUT2D eigenvalue weighted by atomic mass is 10.1. The molecule has 0 aliphatic heterocycles. The first kappa shape index (κ1) is 18.9. The molecule has 3 aromatic rings. The van der Waals surface area contributed by atoms with Crippen molar-refractivity contribution in [2.24, 2.45) is 0 Å². The fourth-order valence-corrected chi connectivity index (χ4v) is 2.86. The second-order valence-corrected chi connectivity index (χ2v) is 6.66. The van der Waals surface area contributed by atoms with Crippen LogP contribution in [0.4, 0.5) is 5.82 Å². The Hall–Kier alpha value is -2.92. The highest BCUT2D eigenvalue weighted by Gasteiger charge is 2.08. The summed E-state index contributed by atoms with van der Waals surface area (Å²) in [5.41, 5.74) is 3.67. The van der Waals surface area contributed by atoms with E-state index in [4.69, 9.17) is 11.6 Å². The minimum atomic E-state index is -0.240. The van der Waals surface area contributed by atoms with E-state index in [1.54, 1.807) is 12.1 Å². The van der Waals surface area contributed by atoms with E-state index < -0.39 is 0 Å². The monoisotopic (exact) mass is 380 g/mol. The Morgan fingerprint density at radius 2 is 1.89 bits per heavy atom. The second-order valence-electron chi connectivity index (χ2n) is 6.22. The Morgan fingerprint density at radius 1 is 1.04 bits per heavy atom. The molecule has 5 nitrogen and oxygen atoms in total. The van der Waals surface area contributed by atoms with Gasteiger partial charge in [0.15, 0.2) is 5.69 Å². The van der Waals surface area contributed by atoms with Gasteiger partial charge in [0.05, 0.1) is 0 Å². The Kier molecular flexibility index (Phi) is 6.39. The molecule has 0 spiro atoms. The first-order valence-electron chi connectivity index (χ1n) is 8.76. The lowest BCUT2D eigenvalue weighted by molar-refractivity contribution is 0.0945. The molecule has 0 fully saturated rings. The van der Waals surface area contributed by atoms with Crippen LogP contribution >= 0.6 is 11.6 Å². The molecule has 2 aromatic carbocycles. The van der Waals surface area contributed by atoms with Gasteiger partial charge in [0, 0.05) is 18.1 Å². The molecule has 3 rings (SSSR count). The third-order valence-corrected chi connectivity index (χ3v) is 4.44. The van der Waals surface area contributed by atoms with Crippen LogP contribution in [0.15, 0.2) is 60.7 Å². The predicted molar refractivity (Wildman–Crippen MR) is 108 cm³/mol. The molecule has 0 saturated carbocycles. The van der Waals surface area contributed by atoms with Crippen LogP contribution in [0.5, 0.6) is 0 Å². The molecular formula is C21H21ClN4O. The zero-order valence-corrected chi connectivity index (χ0v) is 15.8. The Balaban J connectivity index is 1.49. The van der Waals surface area contributed by atoms with E-state index in [1.165, 1.54) is 0 Å². The maximum Gasteiger partial charge on any atom is 0.272 e. The van der Waals surface area contributed by atoms with Gasteiger partial charge in [-0.2, -0.15) is 0 Å². The molecule has 0 radical (unpaired) electrons. The van der Waals surface area contributed by atoms with Gasteiger partial charge in [-0.3, -0.25) is 4.79 Å². The summed E-state index contributed by atoms with van der Waals surface area (Å²) in [6.45, 7) is 3.19. The fourth-order valence-electron chi connectivity index (χ4n) is 2.65. The van der Waals surface area contributed by atoms with Gasteiger partial charge in [0.25, 0.3) is 5.91 Å². The molecule has 1 amide bonds. The average Bonchev–Trinajstić information content (AvgIpc) is 2.68. The lowest BCUT2D eigenvalue weighted by Crippen LogP contribution is -2.24. The number of aromatic nitrogens is 2. The summed E-state index contributed by atoms with van der Waals surface area (Å²) >= 11 is 5.98. The van der Waals surface area contributed by atoms with E-state index in [0.717, 1.165) is 28.1 Å². The first-order chi connectivity index (χ1) is 13.1. The number of benzene rings is 2. The summed E-state index contributed by atoms with van der Waals surface area (Å²) < 4.78 is 0. The van der Waals surface area contributed by atoms with Crippen LogP contribution in [0.25, 0.3) is 0 Å². The smallest absolute Gasteiger partial charge is 0.272 e. The average molecular weight is 381 g/mol. The van der Waals surface area contributed by atoms with Crippen LogP contribution in [0.3, 0.4) is 0 Å². The number of nitrogens with zero attached hydrogens (tertiary/aromatic N) is 2. The molecule has 138 valence electrons. The van der Waals surface area contributed by atoms with Crippen molar-refractivity contribution in [3.8, 4) is 0 Å². The van der Waals surface area contributed by atoms with Gasteiger partial charge in [0.2, 0.25) is 0 Å². The fraction of sp³-hybridized carbons (Fsp3) is 0.190. The summed E-state index contributed by atoms with van der Waals surface area (Å²) in [4.78, 5) is 12.2. The highest BCUT2D eigenvalue weighted by atomic mass is 35.5.